The highest BCUT2D eigenvalue weighted by Gasteiger charge is 2.32. The molecular weight excluding hydrogens is 276 g/mol. The number of amides is 1. The molecule has 0 bridgehead atoms. The molecule has 0 aliphatic carbocycles. The Morgan fingerprint density at radius 1 is 1.19 bits per heavy atom. The third-order valence-corrected chi connectivity index (χ3v) is 4.42. The molecule has 0 spiro atoms. The highest BCUT2D eigenvalue weighted by Crippen LogP contribution is 2.24. The van der Waals surface area contributed by atoms with Crippen LogP contribution in [0.15, 0.2) is 12.1 Å². The van der Waals surface area contributed by atoms with Crippen molar-refractivity contribution in [1.82, 2.24) is 9.80 Å². The molecule has 3 rings (SSSR count). The van der Waals surface area contributed by atoms with Crippen LogP contribution in [0.4, 0.5) is 14.5 Å². The summed E-state index contributed by atoms with van der Waals surface area (Å²) < 4.78 is 27.3. The fourth-order valence-electron chi connectivity index (χ4n) is 3.28. The van der Waals surface area contributed by atoms with E-state index < -0.39 is 17.5 Å². The van der Waals surface area contributed by atoms with Crippen LogP contribution < -0.4 is 5.73 Å². The van der Waals surface area contributed by atoms with Crippen molar-refractivity contribution in [2.45, 2.75) is 25.3 Å². The number of hydrogen-bond acceptors (Lipinski definition) is 3. The predicted octanol–water partition coefficient (Wildman–Crippen LogP) is 1.86. The van der Waals surface area contributed by atoms with E-state index in [-0.39, 0.29) is 11.3 Å². The van der Waals surface area contributed by atoms with Gasteiger partial charge >= 0.3 is 0 Å². The fourth-order valence-corrected chi connectivity index (χ4v) is 3.28. The summed E-state index contributed by atoms with van der Waals surface area (Å²) in [5.74, 6) is -1.98. The third kappa shape index (κ3) is 2.72. The van der Waals surface area contributed by atoms with Crippen LogP contribution in [0, 0.1) is 11.6 Å². The van der Waals surface area contributed by atoms with Gasteiger partial charge in [-0.2, -0.15) is 0 Å². The first-order valence-corrected chi connectivity index (χ1v) is 7.34. The Morgan fingerprint density at radius 2 is 2.00 bits per heavy atom. The lowest BCUT2D eigenvalue weighted by Crippen LogP contribution is -2.56. The van der Waals surface area contributed by atoms with E-state index in [0.717, 1.165) is 38.1 Å². The van der Waals surface area contributed by atoms with Gasteiger partial charge in [0.1, 0.15) is 5.82 Å². The average Bonchev–Trinajstić information content (AvgIpc) is 2.49. The number of nitrogens with zero attached hydrogens (tertiary/aromatic N) is 2. The van der Waals surface area contributed by atoms with Crippen molar-refractivity contribution in [1.29, 1.82) is 0 Å². The molecule has 1 atom stereocenters. The minimum absolute atomic E-state index is 0.267. The molecule has 4 nitrogen and oxygen atoms in total. The number of halogens is 2. The number of rotatable bonds is 1. The first-order valence-electron chi connectivity index (χ1n) is 7.34. The Balaban J connectivity index is 1.79. The van der Waals surface area contributed by atoms with Crippen LogP contribution in [0.25, 0.3) is 0 Å². The number of piperidine rings is 1. The van der Waals surface area contributed by atoms with Crippen molar-refractivity contribution < 1.29 is 13.6 Å². The smallest absolute Gasteiger partial charge is 0.257 e. The van der Waals surface area contributed by atoms with Crippen molar-refractivity contribution in [3.05, 3.63) is 29.3 Å². The number of carbonyl (C=O) groups is 1. The number of nitrogen functional groups attached to an aromatic ring is 1. The van der Waals surface area contributed by atoms with Gasteiger partial charge in [-0.3, -0.25) is 9.69 Å². The lowest BCUT2D eigenvalue weighted by Gasteiger charge is -2.44. The van der Waals surface area contributed by atoms with Gasteiger partial charge in [0, 0.05) is 25.7 Å². The Hall–Kier alpha value is -1.69. The minimum Gasteiger partial charge on any atom is -0.396 e. The van der Waals surface area contributed by atoms with Gasteiger partial charge in [-0.05, 0) is 31.5 Å². The second-order valence-electron chi connectivity index (χ2n) is 5.79. The predicted molar refractivity (Wildman–Crippen MR) is 75.9 cm³/mol. The van der Waals surface area contributed by atoms with Gasteiger partial charge in [-0.25, -0.2) is 8.78 Å². The van der Waals surface area contributed by atoms with Crippen molar-refractivity contribution in [2.24, 2.45) is 0 Å². The zero-order valence-electron chi connectivity index (χ0n) is 11.8. The lowest BCUT2D eigenvalue weighted by atomic mass is 9.99. The molecule has 0 saturated carbocycles. The average molecular weight is 295 g/mol. The van der Waals surface area contributed by atoms with E-state index in [9.17, 15) is 13.6 Å². The maximum atomic E-state index is 14.0. The van der Waals surface area contributed by atoms with E-state index in [1.54, 1.807) is 4.90 Å². The maximum Gasteiger partial charge on any atom is 0.257 e. The molecule has 1 aromatic rings. The van der Waals surface area contributed by atoms with Crippen LogP contribution >= 0.6 is 0 Å². The van der Waals surface area contributed by atoms with Crippen molar-refractivity contribution >= 4 is 11.6 Å². The van der Waals surface area contributed by atoms with Gasteiger partial charge in [-0.1, -0.05) is 6.42 Å². The summed E-state index contributed by atoms with van der Waals surface area (Å²) >= 11 is 0. The van der Waals surface area contributed by atoms with E-state index in [2.05, 4.69) is 4.90 Å². The molecule has 6 heteroatoms. The van der Waals surface area contributed by atoms with Crippen LogP contribution in [-0.4, -0.2) is 47.9 Å². The van der Waals surface area contributed by atoms with Crippen LogP contribution in [0.3, 0.4) is 0 Å². The van der Waals surface area contributed by atoms with E-state index in [1.165, 1.54) is 6.42 Å². The molecule has 2 fully saturated rings. The molecule has 2 aliphatic rings. The van der Waals surface area contributed by atoms with E-state index in [1.807, 2.05) is 0 Å². The highest BCUT2D eigenvalue weighted by molar-refractivity contribution is 5.95. The fraction of sp³-hybridized carbons (Fsp3) is 0.533. The van der Waals surface area contributed by atoms with Crippen LogP contribution in [0.1, 0.15) is 29.6 Å². The highest BCUT2D eigenvalue weighted by atomic mass is 19.1. The molecule has 0 aromatic heterocycles. The minimum atomic E-state index is -0.826. The third-order valence-electron chi connectivity index (χ3n) is 4.42. The molecule has 2 heterocycles. The molecule has 2 saturated heterocycles. The van der Waals surface area contributed by atoms with Gasteiger partial charge in [0.05, 0.1) is 11.3 Å². The molecule has 1 aromatic carbocycles. The summed E-state index contributed by atoms with van der Waals surface area (Å²) in [5, 5.41) is 0. The van der Waals surface area contributed by atoms with Crippen molar-refractivity contribution in [3.63, 3.8) is 0 Å². The summed E-state index contributed by atoms with van der Waals surface area (Å²) in [6.45, 7) is 2.98. The number of anilines is 1. The first kappa shape index (κ1) is 14.3. The van der Waals surface area contributed by atoms with E-state index in [4.69, 9.17) is 5.73 Å². The maximum absolute atomic E-state index is 14.0. The summed E-state index contributed by atoms with van der Waals surface area (Å²) in [4.78, 5) is 16.4. The molecule has 114 valence electrons. The van der Waals surface area contributed by atoms with E-state index in [0.29, 0.717) is 19.1 Å². The topological polar surface area (TPSA) is 49.6 Å². The molecule has 21 heavy (non-hydrogen) atoms. The van der Waals surface area contributed by atoms with Crippen molar-refractivity contribution in [2.75, 3.05) is 31.9 Å². The zero-order valence-corrected chi connectivity index (χ0v) is 11.8. The van der Waals surface area contributed by atoms with Crippen LogP contribution in [-0.2, 0) is 0 Å². The standard InChI is InChI=1S/C15H19F2N3O/c16-10-7-12(14(17)13(18)8-10)15(21)20-6-5-19-4-2-1-3-11(19)9-20/h7-8,11H,1-6,9,18H2. The van der Waals surface area contributed by atoms with Gasteiger partial charge in [0.25, 0.3) is 5.91 Å². The second kappa shape index (κ2) is 5.60. The number of carbonyl (C=O) groups excluding carboxylic acids is 1. The quantitative estimate of drug-likeness (QED) is 0.805. The van der Waals surface area contributed by atoms with Gasteiger partial charge in [0.15, 0.2) is 5.82 Å². The molecular formula is C15H19F2N3O. The largest absolute Gasteiger partial charge is 0.396 e. The Morgan fingerprint density at radius 3 is 2.81 bits per heavy atom. The number of hydrogen-bond donors (Lipinski definition) is 1. The Kier molecular flexibility index (Phi) is 3.80. The summed E-state index contributed by atoms with van der Waals surface area (Å²) in [6.07, 6.45) is 3.40. The second-order valence-corrected chi connectivity index (χ2v) is 5.79. The normalized spacial score (nSPS) is 23.0. The number of benzene rings is 1. The zero-order chi connectivity index (χ0) is 15.0. The Labute approximate surface area is 122 Å². The molecule has 1 unspecified atom stereocenters. The monoisotopic (exact) mass is 295 g/mol. The molecule has 0 radical (unpaired) electrons. The summed E-state index contributed by atoms with van der Waals surface area (Å²) in [6, 6.07) is 2.16. The molecule has 1 amide bonds. The van der Waals surface area contributed by atoms with Gasteiger partial charge in [-0.15, -0.1) is 0 Å². The molecule has 2 aliphatic heterocycles. The van der Waals surface area contributed by atoms with E-state index >= 15 is 0 Å². The molecule has 2 N–H and O–H groups in total. The van der Waals surface area contributed by atoms with Gasteiger partial charge in [0.2, 0.25) is 0 Å². The first-order chi connectivity index (χ1) is 10.1. The summed E-state index contributed by atoms with van der Waals surface area (Å²) in [7, 11) is 0. The number of fused-ring (bicyclic) bond motifs is 1. The van der Waals surface area contributed by atoms with Crippen molar-refractivity contribution in [3.8, 4) is 0 Å². The van der Waals surface area contributed by atoms with Crippen LogP contribution in [0.2, 0.25) is 0 Å². The summed E-state index contributed by atoms with van der Waals surface area (Å²) in [5.41, 5.74) is 4.81. The Bertz CT molecular complexity index is 564. The van der Waals surface area contributed by atoms with Gasteiger partial charge < -0.3 is 10.6 Å². The van der Waals surface area contributed by atoms with Crippen LogP contribution in [0.5, 0.6) is 0 Å². The number of nitrogens with two attached hydrogens (primary N) is 1. The SMILES string of the molecule is Nc1cc(F)cc(C(=O)N2CCN3CCCCC3C2)c1F. The lowest BCUT2D eigenvalue weighted by molar-refractivity contribution is 0.0369. The number of piperazine rings is 1.